The second-order valence-electron chi connectivity index (χ2n) is 5.79. The summed E-state index contributed by atoms with van der Waals surface area (Å²) in [6.07, 6.45) is 2.07. The average molecular weight is 385 g/mol. The lowest BCUT2D eigenvalue weighted by atomic mass is 10.5. The molecule has 0 aromatic rings. The van der Waals surface area contributed by atoms with Gasteiger partial charge in [-0.1, -0.05) is 7.92 Å². The normalized spacial score (nSPS) is 12.2. The van der Waals surface area contributed by atoms with Crippen LogP contribution in [0.25, 0.3) is 0 Å². The fourth-order valence-corrected chi connectivity index (χ4v) is 5.40. The van der Waals surface area contributed by atoms with E-state index in [4.69, 9.17) is 0 Å². The quantitative estimate of drug-likeness (QED) is 0.139. The summed E-state index contributed by atoms with van der Waals surface area (Å²) < 4.78 is 0. The number of aliphatic hydroxyl groups excluding tert-OH is 6. The lowest BCUT2D eigenvalue weighted by Crippen LogP contribution is -2.38. The van der Waals surface area contributed by atoms with Crippen molar-refractivity contribution in [2.45, 2.75) is 0 Å². The van der Waals surface area contributed by atoms with Gasteiger partial charge in [0.15, 0.2) is 0 Å². The molecule has 0 fully saturated rings. The minimum Gasteiger partial charge on any atom is -0.395 e. The Bertz CT molecular complexity index is 233. The molecule has 0 radical (unpaired) electrons. The first kappa shape index (κ1) is 25.1. The molecule has 0 unspecified atom stereocenters. The maximum absolute atomic E-state index is 9.21. The molecule has 0 atom stereocenters. The zero-order valence-corrected chi connectivity index (χ0v) is 16.0. The van der Waals surface area contributed by atoms with Gasteiger partial charge in [-0.15, -0.1) is 0 Å². The van der Waals surface area contributed by atoms with Crippen molar-refractivity contribution in [3.63, 3.8) is 0 Å². The van der Waals surface area contributed by atoms with Crippen molar-refractivity contribution in [1.82, 2.24) is 14.7 Å². The summed E-state index contributed by atoms with van der Waals surface area (Å²) in [5.74, 6) is 0. The van der Waals surface area contributed by atoms with Crippen molar-refractivity contribution in [2.24, 2.45) is 0 Å². The highest BCUT2D eigenvalue weighted by Gasteiger charge is 2.20. The topological polar surface area (TPSA) is 131 Å². The lowest BCUT2D eigenvalue weighted by molar-refractivity contribution is 0.166. The number of hydrogen-bond acceptors (Lipinski definition) is 9. The van der Waals surface area contributed by atoms with Crippen molar-refractivity contribution in [2.75, 3.05) is 97.8 Å². The molecule has 0 spiro atoms. The van der Waals surface area contributed by atoms with Crippen molar-refractivity contribution in [3.05, 3.63) is 0 Å². The van der Waals surface area contributed by atoms with Crippen LogP contribution in [0.1, 0.15) is 0 Å². The van der Waals surface area contributed by atoms with Crippen LogP contribution >= 0.6 is 7.92 Å². The van der Waals surface area contributed by atoms with Crippen LogP contribution in [0.2, 0.25) is 0 Å². The van der Waals surface area contributed by atoms with Gasteiger partial charge in [0, 0.05) is 58.1 Å². The molecular formula is C15H36N3O6P. The minimum absolute atomic E-state index is 0.0111. The molecule has 0 aliphatic heterocycles. The van der Waals surface area contributed by atoms with Gasteiger partial charge < -0.3 is 30.6 Å². The molecule has 0 aliphatic carbocycles. The molecular weight excluding hydrogens is 349 g/mol. The molecule has 10 heteroatoms. The maximum Gasteiger partial charge on any atom is 0.0558 e. The zero-order chi connectivity index (χ0) is 18.9. The Balaban J connectivity index is 4.96. The van der Waals surface area contributed by atoms with Crippen LogP contribution < -0.4 is 0 Å². The smallest absolute Gasteiger partial charge is 0.0558 e. The first-order chi connectivity index (χ1) is 12.1. The predicted octanol–water partition coefficient (Wildman–Crippen LogP) is -2.80. The molecule has 0 aliphatic rings. The molecule has 0 aromatic heterocycles. The summed E-state index contributed by atoms with van der Waals surface area (Å²) in [5, 5.41) is 55.2. The molecule has 6 N–H and O–H groups in total. The molecule has 0 aromatic carbocycles. The molecule has 0 saturated carbocycles. The van der Waals surface area contributed by atoms with E-state index in [0.717, 1.165) is 0 Å². The van der Waals surface area contributed by atoms with Crippen LogP contribution in [0.3, 0.4) is 0 Å². The fraction of sp³-hybridized carbons (Fsp3) is 1.00. The summed E-state index contributed by atoms with van der Waals surface area (Å²) in [4.78, 5) is 5.99. The Morgan fingerprint density at radius 1 is 0.400 bits per heavy atom. The highest BCUT2D eigenvalue weighted by Crippen LogP contribution is 2.37. The molecule has 25 heavy (non-hydrogen) atoms. The molecule has 0 heterocycles. The molecule has 9 nitrogen and oxygen atoms in total. The molecule has 0 amide bonds. The van der Waals surface area contributed by atoms with Crippen molar-refractivity contribution >= 4 is 7.92 Å². The zero-order valence-electron chi connectivity index (χ0n) is 15.1. The molecule has 0 rings (SSSR count). The van der Waals surface area contributed by atoms with Crippen molar-refractivity contribution < 1.29 is 30.6 Å². The van der Waals surface area contributed by atoms with Crippen LogP contribution in [0.15, 0.2) is 0 Å². The number of rotatable bonds is 18. The molecule has 0 bridgehead atoms. The van der Waals surface area contributed by atoms with E-state index in [0.29, 0.717) is 58.1 Å². The standard InChI is InChI=1S/C15H36N3O6P/c19-7-1-16(2-8-20)13-25(14-17(3-9-21)4-10-22)15-18(5-11-23)6-12-24/h19-24H,1-15H2. The Kier molecular flexibility index (Phi) is 17.5. The second kappa shape index (κ2) is 17.5. The van der Waals surface area contributed by atoms with Gasteiger partial charge in [0.1, 0.15) is 0 Å². The van der Waals surface area contributed by atoms with Crippen LogP contribution in [0.4, 0.5) is 0 Å². The van der Waals surface area contributed by atoms with Gasteiger partial charge in [-0.2, -0.15) is 0 Å². The van der Waals surface area contributed by atoms with Crippen LogP contribution in [-0.4, -0.2) is 143 Å². The van der Waals surface area contributed by atoms with E-state index in [-0.39, 0.29) is 39.6 Å². The largest absolute Gasteiger partial charge is 0.395 e. The van der Waals surface area contributed by atoms with Gasteiger partial charge in [0.25, 0.3) is 0 Å². The minimum atomic E-state index is -0.637. The summed E-state index contributed by atoms with van der Waals surface area (Å²) in [5.41, 5.74) is 0. The highest BCUT2D eigenvalue weighted by molar-refractivity contribution is 7.57. The van der Waals surface area contributed by atoms with E-state index in [2.05, 4.69) is 0 Å². The third-order valence-electron chi connectivity index (χ3n) is 3.70. The SMILES string of the molecule is OCCN(CCO)CP(CN(CCO)CCO)CN(CCO)CCO. The van der Waals surface area contributed by atoms with Gasteiger partial charge in [-0.05, 0) is 0 Å². The van der Waals surface area contributed by atoms with E-state index >= 15 is 0 Å². The summed E-state index contributed by atoms with van der Waals surface area (Å²) in [6.45, 7) is 2.90. The van der Waals surface area contributed by atoms with Crippen LogP contribution in [-0.2, 0) is 0 Å². The van der Waals surface area contributed by atoms with Crippen molar-refractivity contribution in [1.29, 1.82) is 0 Å². The van der Waals surface area contributed by atoms with Crippen LogP contribution in [0, 0.1) is 0 Å². The summed E-state index contributed by atoms with van der Waals surface area (Å²) >= 11 is 0. The third-order valence-corrected chi connectivity index (χ3v) is 6.10. The Hall–Kier alpha value is 0.0700. The first-order valence-electron chi connectivity index (χ1n) is 8.69. The summed E-state index contributed by atoms with van der Waals surface area (Å²) in [6, 6.07) is 0. The number of nitrogens with zero attached hydrogens (tertiary/aromatic N) is 3. The third kappa shape index (κ3) is 13.0. The Morgan fingerprint density at radius 3 is 0.760 bits per heavy atom. The Morgan fingerprint density at radius 2 is 0.600 bits per heavy atom. The van der Waals surface area contributed by atoms with E-state index < -0.39 is 7.92 Å². The number of aliphatic hydroxyl groups is 6. The van der Waals surface area contributed by atoms with Gasteiger partial charge in [0.05, 0.1) is 39.6 Å². The molecule has 152 valence electrons. The first-order valence-corrected chi connectivity index (χ1v) is 10.6. The van der Waals surface area contributed by atoms with Crippen LogP contribution in [0.5, 0.6) is 0 Å². The van der Waals surface area contributed by atoms with E-state index in [1.807, 2.05) is 14.7 Å². The summed E-state index contributed by atoms with van der Waals surface area (Å²) in [7, 11) is -0.637. The van der Waals surface area contributed by atoms with Crippen molar-refractivity contribution in [3.8, 4) is 0 Å². The average Bonchev–Trinajstić information content (AvgIpc) is 2.56. The Labute approximate surface area is 151 Å². The number of hydrogen-bond donors (Lipinski definition) is 6. The van der Waals surface area contributed by atoms with Gasteiger partial charge in [0.2, 0.25) is 0 Å². The lowest BCUT2D eigenvalue weighted by Gasteiger charge is -2.34. The van der Waals surface area contributed by atoms with Gasteiger partial charge in [-0.25, -0.2) is 0 Å². The van der Waals surface area contributed by atoms with Gasteiger partial charge >= 0.3 is 0 Å². The second-order valence-corrected chi connectivity index (χ2v) is 7.98. The highest BCUT2D eigenvalue weighted by atomic mass is 31.1. The van der Waals surface area contributed by atoms with E-state index in [1.165, 1.54) is 0 Å². The van der Waals surface area contributed by atoms with E-state index in [1.54, 1.807) is 0 Å². The monoisotopic (exact) mass is 385 g/mol. The predicted molar refractivity (Wildman–Crippen MR) is 98.8 cm³/mol. The van der Waals surface area contributed by atoms with E-state index in [9.17, 15) is 30.6 Å². The van der Waals surface area contributed by atoms with Gasteiger partial charge in [-0.3, -0.25) is 14.7 Å². The molecule has 0 saturated heterocycles. The fourth-order valence-electron chi connectivity index (χ4n) is 2.59. The maximum atomic E-state index is 9.21.